The van der Waals surface area contributed by atoms with Crippen LogP contribution in [0.2, 0.25) is 0 Å². The number of halogens is 1. The van der Waals surface area contributed by atoms with Crippen molar-refractivity contribution in [3.05, 3.63) is 102 Å². The molecule has 0 saturated carbocycles. The molecule has 3 heterocycles. The first-order valence-electron chi connectivity index (χ1n) is 12.2. The van der Waals surface area contributed by atoms with Crippen LogP contribution in [0.3, 0.4) is 0 Å². The van der Waals surface area contributed by atoms with Gasteiger partial charge in [0.1, 0.15) is 5.83 Å². The van der Waals surface area contributed by atoms with E-state index < -0.39 is 0 Å². The molecule has 1 saturated heterocycles. The average Bonchev–Trinajstić information content (AvgIpc) is 3.21. The Morgan fingerprint density at radius 2 is 2.20 bits per heavy atom. The summed E-state index contributed by atoms with van der Waals surface area (Å²) in [5, 5.41) is 5.89. The maximum Gasteiger partial charge on any atom is 0.187 e. The number of hydrogen-bond donors (Lipinski definition) is 1. The highest BCUT2D eigenvalue weighted by molar-refractivity contribution is 7.14. The number of anilines is 1. The second-order valence-electron chi connectivity index (χ2n) is 8.41. The van der Waals surface area contributed by atoms with Gasteiger partial charge in [-0.05, 0) is 62.3 Å². The van der Waals surface area contributed by atoms with Crippen molar-refractivity contribution in [2.45, 2.75) is 39.5 Å². The number of allylic oxidation sites excluding steroid dienone is 8. The first kappa shape index (κ1) is 26.4. The first-order chi connectivity index (χ1) is 17.0. The summed E-state index contributed by atoms with van der Waals surface area (Å²) < 4.78 is 15.2. The number of hydrogen-bond acceptors (Lipinski definition) is 5. The number of rotatable bonds is 10. The van der Waals surface area contributed by atoms with Crippen LogP contribution < -0.4 is 5.32 Å². The summed E-state index contributed by atoms with van der Waals surface area (Å²) in [6.07, 6.45) is 19.2. The highest BCUT2D eigenvalue weighted by Gasteiger charge is 2.21. The van der Waals surface area contributed by atoms with Crippen LogP contribution in [0.1, 0.15) is 39.5 Å². The van der Waals surface area contributed by atoms with E-state index in [4.69, 9.17) is 0 Å². The van der Waals surface area contributed by atoms with Gasteiger partial charge in [0.2, 0.25) is 0 Å². The molecule has 0 aromatic carbocycles. The van der Waals surface area contributed by atoms with Crippen molar-refractivity contribution in [2.24, 2.45) is 5.92 Å². The van der Waals surface area contributed by atoms with Gasteiger partial charge in [0, 0.05) is 42.1 Å². The molecule has 1 unspecified atom stereocenters. The van der Waals surface area contributed by atoms with Crippen LogP contribution in [0.25, 0.3) is 11.3 Å². The molecule has 4 nitrogen and oxygen atoms in total. The van der Waals surface area contributed by atoms with Crippen molar-refractivity contribution in [1.82, 2.24) is 14.9 Å². The second kappa shape index (κ2) is 13.6. The highest BCUT2D eigenvalue weighted by atomic mass is 32.1. The highest BCUT2D eigenvalue weighted by Crippen LogP contribution is 2.30. The lowest BCUT2D eigenvalue weighted by Crippen LogP contribution is -2.24. The lowest BCUT2D eigenvalue weighted by atomic mass is 9.90. The van der Waals surface area contributed by atoms with Gasteiger partial charge in [-0.2, -0.15) is 0 Å². The zero-order valence-electron chi connectivity index (χ0n) is 20.7. The normalized spacial score (nSPS) is 18.0. The maximum atomic E-state index is 15.2. The van der Waals surface area contributed by atoms with Gasteiger partial charge in [-0.3, -0.25) is 4.98 Å². The molecule has 35 heavy (non-hydrogen) atoms. The molecule has 2 aromatic heterocycles. The average molecular weight is 491 g/mol. The van der Waals surface area contributed by atoms with Gasteiger partial charge in [-0.1, -0.05) is 50.5 Å². The van der Waals surface area contributed by atoms with E-state index in [1.54, 1.807) is 12.4 Å². The molecule has 1 fully saturated rings. The minimum absolute atomic E-state index is 0.330. The van der Waals surface area contributed by atoms with E-state index in [0.29, 0.717) is 22.4 Å². The minimum atomic E-state index is -0.330. The number of pyridine rings is 1. The Morgan fingerprint density at radius 1 is 1.34 bits per heavy atom. The standard InChI is InChI=1S/C29H35FN4S/c1-5-8-12-23(11-6-2)24-14-10-17-34(18-15-24)22(4)27(30)19-26(7-3)32-29-33-28(21-35-29)25-13-9-16-31-20-25/h5,7-9,11-13,16,19-21,24H,1,4,6,10,14-15,17-18H2,2-3H3,(H,32,33)/b12-8-,23-11+,26-7+,27-19+. The molecular formula is C29H35FN4S. The summed E-state index contributed by atoms with van der Waals surface area (Å²) in [5.41, 5.74) is 4.22. The summed E-state index contributed by atoms with van der Waals surface area (Å²) in [5.74, 6) is 0.145. The summed E-state index contributed by atoms with van der Waals surface area (Å²) >= 11 is 1.47. The van der Waals surface area contributed by atoms with Gasteiger partial charge < -0.3 is 10.2 Å². The van der Waals surface area contributed by atoms with Crippen molar-refractivity contribution in [2.75, 3.05) is 18.4 Å². The number of nitrogens with one attached hydrogen (secondary N) is 1. The molecule has 1 N–H and O–H groups in total. The number of nitrogens with zero attached hydrogens (tertiary/aromatic N) is 3. The minimum Gasteiger partial charge on any atom is -0.370 e. The third-order valence-electron chi connectivity index (χ3n) is 6.03. The fraction of sp³-hybridized carbons (Fsp3) is 0.310. The van der Waals surface area contributed by atoms with Gasteiger partial charge in [0.25, 0.3) is 0 Å². The van der Waals surface area contributed by atoms with E-state index in [0.717, 1.165) is 50.0 Å². The monoisotopic (exact) mass is 490 g/mol. The van der Waals surface area contributed by atoms with Gasteiger partial charge >= 0.3 is 0 Å². The lowest BCUT2D eigenvalue weighted by molar-refractivity contribution is 0.346. The molecule has 1 aliphatic rings. The van der Waals surface area contributed by atoms with E-state index >= 15 is 4.39 Å². The van der Waals surface area contributed by atoms with E-state index in [1.165, 1.54) is 23.0 Å². The van der Waals surface area contributed by atoms with Crippen LogP contribution in [0, 0.1) is 5.92 Å². The molecule has 0 spiro atoms. The summed E-state index contributed by atoms with van der Waals surface area (Å²) in [4.78, 5) is 10.8. The molecule has 3 rings (SSSR count). The largest absolute Gasteiger partial charge is 0.370 e. The Kier molecular flexibility index (Phi) is 10.2. The van der Waals surface area contributed by atoms with E-state index in [9.17, 15) is 0 Å². The van der Waals surface area contributed by atoms with Crippen LogP contribution in [0.15, 0.2) is 102 Å². The Morgan fingerprint density at radius 3 is 2.91 bits per heavy atom. The Balaban J connectivity index is 1.63. The zero-order chi connectivity index (χ0) is 25.0. The summed E-state index contributed by atoms with van der Waals surface area (Å²) in [6, 6.07) is 3.85. The van der Waals surface area contributed by atoms with Gasteiger partial charge in [-0.25, -0.2) is 9.37 Å². The molecule has 1 aliphatic heterocycles. The molecule has 0 amide bonds. The molecular weight excluding hydrogens is 455 g/mol. The Bertz CT molecular complexity index is 1110. The fourth-order valence-electron chi connectivity index (χ4n) is 4.15. The van der Waals surface area contributed by atoms with Gasteiger partial charge in [-0.15, -0.1) is 11.3 Å². The molecule has 0 aliphatic carbocycles. The van der Waals surface area contributed by atoms with Crippen LogP contribution >= 0.6 is 11.3 Å². The maximum absolute atomic E-state index is 15.2. The summed E-state index contributed by atoms with van der Waals surface area (Å²) in [7, 11) is 0. The van der Waals surface area contributed by atoms with E-state index in [2.05, 4.69) is 52.4 Å². The van der Waals surface area contributed by atoms with E-state index in [1.807, 2.05) is 42.7 Å². The predicted octanol–water partition coefficient (Wildman–Crippen LogP) is 8.07. The van der Waals surface area contributed by atoms with Crippen molar-refractivity contribution in [3.8, 4) is 11.3 Å². The zero-order valence-corrected chi connectivity index (χ0v) is 21.5. The van der Waals surface area contributed by atoms with Gasteiger partial charge in [0.15, 0.2) is 5.13 Å². The summed E-state index contributed by atoms with van der Waals surface area (Å²) in [6.45, 7) is 13.5. The molecule has 184 valence electrons. The third kappa shape index (κ3) is 7.62. The third-order valence-corrected chi connectivity index (χ3v) is 6.79. The smallest absolute Gasteiger partial charge is 0.187 e. The van der Waals surface area contributed by atoms with Gasteiger partial charge in [0.05, 0.1) is 11.4 Å². The quantitative estimate of drug-likeness (QED) is 0.342. The Labute approximate surface area is 213 Å². The molecule has 1 atom stereocenters. The van der Waals surface area contributed by atoms with E-state index in [-0.39, 0.29) is 5.83 Å². The number of likely N-dealkylation sites (tertiary alicyclic amines) is 1. The van der Waals surface area contributed by atoms with Crippen LogP contribution in [-0.2, 0) is 0 Å². The lowest BCUT2D eigenvalue weighted by Gasteiger charge is -2.24. The first-order valence-corrected chi connectivity index (χ1v) is 13.0. The fourth-order valence-corrected chi connectivity index (χ4v) is 4.89. The van der Waals surface area contributed by atoms with Crippen molar-refractivity contribution in [1.29, 1.82) is 0 Å². The molecule has 0 bridgehead atoms. The predicted molar refractivity (Wildman–Crippen MR) is 148 cm³/mol. The SMILES string of the molecule is C=C/C=C\C(=C/CC)C1CCCN(C(=C)/C(F)=C\C(=C/C)Nc2nc(-c3cccnc3)cs2)CC1. The molecule has 0 radical (unpaired) electrons. The second-order valence-corrected chi connectivity index (χ2v) is 9.27. The molecule has 6 heteroatoms. The van der Waals surface area contributed by atoms with Crippen LogP contribution in [-0.4, -0.2) is 28.0 Å². The van der Waals surface area contributed by atoms with Crippen LogP contribution in [0.4, 0.5) is 9.52 Å². The topological polar surface area (TPSA) is 41.0 Å². The van der Waals surface area contributed by atoms with Crippen molar-refractivity contribution >= 4 is 16.5 Å². The number of thiazole rings is 1. The Hall–Kier alpha value is -3.25. The molecule has 2 aromatic rings. The number of aromatic nitrogens is 2. The van der Waals surface area contributed by atoms with Crippen LogP contribution in [0.5, 0.6) is 0 Å². The van der Waals surface area contributed by atoms with Crippen molar-refractivity contribution in [3.63, 3.8) is 0 Å². The van der Waals surface area contributed by atoms with Crippen molar-refractivity contribution < 1.29 is 4.39 Å².